The van der Waals surface area contributed by atoms with Crippen LogP contribution in [-0.2, 0) is 4.74 Å². The molecule has 94 valence electrons. The molecule has 1 aliphatic carbocycles. The first kappa shape index (κ1) is 11.8. The van der Waals surface area contributed by atoms with E-state index < -0.39 is 0 Å². The van der Waals surface area contributed by atoms with E-state index in [0.29, 0.717) is 22.7 Å². The quantitative estimate of drug-likeness (QED) is 0.781. The van der Waals surface area contributed by atoms with E-state index in [9.17, 15) is 5.26 Å². The number of hydrogen-bond acceptors (Lipinski definition) is 3. The fourth-order valence-corrected chi connectivity index (χ4v) is 3.30. The van der Waals surface area contributed by atoms with Crippen molar-refractivity contribution >= 4 is 17.3 Å². The molecular formula is C14H15ClN2O. The molecule has 2 unspecified atom stereocenters. The number of ether oxygens (including phenoxy) is 1. The predicted octanol–water partition coefficient (Wildman–Crippen LogP) is 2.97. The summed E-state index contributed by atoms with van der Waals surface area (Å²) in [4.78, 5) is 2.31. The van der Waals surface area contributed by atoms with Crippen molar-refractivity contribution in [3.8, 4) is 6.07 Å². The summed E-state index contributed by atoms with van der Waals surface area (Å²) in [5, 5.41) is 9.82. The zero-order chi connectivity index (χ0) is 12.5. The lowest BCUT2D eigenvalue weighted by Crippen LogP contribution is -2.48. The second-order valence-corrected chi connectivity index (χ2v) is 5.25. The van der Waals surface area contributed by atoms with E-state index in [1.165, 1.54) is 6.42 Å². The van der Waals surface area contributed by atoms with Gasteiger partial charge in [0.1, 0.15) is 6.07 Å². The third kappa shape index (κ3) is 1.86. The highest BCUT2D eigenvalue weighted by Crippen LogP contribution is 2.36. The molecule has 1 aliphatic heterocycles. The van der Waals surface area contributed by atoms with Crippen molar-refractivity contribution in [3.63, 3.8) is 0 Å². The van der Waals surface area contributed by atoms with Crippen LogP contribution in [-0.4, -0.2) is 25.3 Å². The molecule has 0 spiro atoms. The van der Waals surface area contributed by atoms with E-state index >= 15 is 0 Å². The van der Waals surface area contributed by atoms with Crippen molar-refractivity contribution in [1.29, 1.82) is 5.26 Å². The number of nitrogens with zero attached hydrogens (tertiary/aromatic N) is 2. The number of fused-ring (bicyclic) bond motifs is 1. The van der Waals surface area contributed by atoms with Crippen molar-refractivity contribution in [1.82, 2.24) is 0 Å². The molecular weight excluding hydrogens is 248 g/mol. The van der Waals surface area contributed by atoms with Crippen molar-refractivity contribution < 1.29 is 4.74 Å². The zero-order valence-corrected chi connectivity index (χ0v) is 10.9. The fourth-order valence-electron chi connectivity index (χ4n) is 3.09. The largest absolute Gasteiger partial charge is 0.374 e. The van der Waals surface area contributed by atoms with E-state index in [2.05, 4.69) is 11.0 Å². The number of anilines is 1. The molecule has 2 aliphatic rings. The Kier molecular flexibility index (Phi) is 3.15. The lowest BCUT2D eigenvalue weighted by molar-refractivity contribution is 0.0256. The Morgan fingerprint density at radius 2 is 2.28 bits per heavy atom. The third-order valence-electron chi connectivity index (χ3n) is 3.89. The first-order chi connectivity index (χ1) is 8.81. The third-order valence-corrected chi connectivity index (χ3v) is 4.21. The summed E-state index contributed by atoms with van der Waals surface area (Å²) in [6.07, 6.45) is 3.80. The van der Waals surface area contributed by atoms with Crippen LogP contribution in [0.3, 0.4) is 0 Å². The molecule has 3 rings (SSSR count). The summed E-state index contributed by atoms with van der Waals surface area (Å²) < 4.78 is 5.80. The van der Waals surface area contributed by atoms with Crippen LogP contribution in [0.5, 0.6) is 0 Å². The van der Waals surface area contributed by atoms with Gasteiger partial charge in [-0.1, -0.05) is 17.7 Å². The van der Waals surface area contributed by atoms with E-state index in [1.807, 2.05) is 12.1 Å². The molecule has 1 heterocycles. The summed E-state index contributed by atoms with van der Waals surface area (Å²) in [5.74, 6) is 0. The molecule has 1 aromatic rings. The SMILES string of the molecule is N#Cc1c(Cl)cccc1N1CCOC2CCCC21. The Morgan fingerprint density at radius 3 is 3.11 bits per heavy atom. The topological polar surface area (TPSA) is 36.3 Å². The van der Waals surface area contributed by atoms with Gasteiger partial charge in [-0.15, -0.1) is 0 Å². The minimum atomic E-state index is 0.323. The first-order valence-electron chi connectivity index (χ1n) is 6.38. The van der Waals surface area contributed by atoms with Gasteiger partial charge in [-0.25, -0.2) is 0 Å². The maximum Gasteiger partial charge on any atom is 0.103 e. The average molecular weight is 263 g/mol. The van der Waals surface area contributed by atoms with Crippen molar-refractivity contribution in [3.05, 3.63) is 28.8 Å². The standard InChI is InChI=1S/C14H15ClN2O/c15-11-3-1-4-12(10(11)9-16)17-7-8-18-14-6-2-5-13(14)17/h1,3-4,13-14H,2,5-8H2. The lowest BCUT2D eigenvalue weighted by Gasteiger charge is -2.39. The van der Waals surface area contributed by atoms with E-state index in [4.69, 9.17) is 16.3 Å². The zero-order valence-electron chi connectivity index (χ0n) is 10.1. The number of morpholine rings is 1. The molecule has 3 nitrogen and oxygen atoms in total. The lowest BCUT2D eigenvalue weighted by atomic mass is 10.1. The van der Waals surface area contributed by atoms with Crippen LogP contribution >= 0.6 is 11.6 Å². The first-order valence-corrected chi connectivity index (χ1v) is 6.76. The Morgan fingerprint density at radius 1 is 1.39 bits per heavy atom. The number of hydrogen-bond donors (Lipinski definition) is 0. The highest BCUT2D eigenvalue weighted by molar-refractivity contribution is 6.32. The Hall–Kier alpha value is -1.24. The van der Waals surface area contributed by atoms with Gasteiger partial charge in [-0.05, 0) is 31.4 Å². The van der Waals surface area contributed by atoms with Crippen molar-refractivity contribution in [2.75, 3.05) is 18.1 Å². The number of halogens is 1. The highest BCUT2D eigenvalue weighted by atomic mass is 35.5. The predicted molar refractivity (Wildman–Crippen MR) is 70.9 cm³/mol. The normalized spacial score (nSPS) is 26.8. The molecule has 2 fully saturated rings. The van der Waals surface area contributed by atoms with E-state index in [-0.39, 0.29) is 0 Å². The Labute approximate surface area is 112 Å². The van der Waals surface area contributed by atoms with Crippen LogP contribution in [0.1, 0.15) is 24.8 Å². The van der Waals surface area contributed by atoms with Gasteiger partial charge in [-0.2, -0.15) is 5.26 Å². The summed E-state index contributed by atoms with van der Waals surface area (Å²) in [5.41, 5.74) is 1.55. The highest BCUT2D eigenvalue weighted by Gasteiger charge is 2.37. The fraction of sp³-hybridized carbons (Fsp3) is 0.500. The van der Waals surface area contributed by atoms with Gasteiger partial charge in [0, 0.05) is 6.54 Å². The summed E-state index contributed by atoms with van der Waals surface area (Å²) in [7, 11) is 0. The van der Waals surface area contributed by atoms with Crippen LogP contribution in [0, 0.1) is 11.3 Å². The summed E-state index contributed by atoms with van der Waals surface area (Å²) in [6.45, 7) is 1.58. The molecule has 0 bridgehead atoms. The molecule has 0 radical (unpaired) electrons. The van der Waals surface area contributed by atoms with Crippen molar-refractivity contribution in [2.24, 2.45) is 0 Å². The van der Waals surface area contributed by atoms with Gasteiger partial charge in [0.15, 0.2) is 0 Å². The molecule has 0 aromatic heterocycles. The molecule has 2 atom stereocenters. The van der Waals surface area contributed by atoms with Gasteiger partial charge >= 0.3 is 0 Å². The van der Waals surface area contributed by atoms with Crippen LogP contribution in [0.2, 0.25) is 5.02 Å². The van der Waals surface area contributed by atoms with E-state index in [0.717, 1.165) is 31.7 Å². The minimum Gasteiger partial charge on any atom is -0.374 e. The van der Waals surface area contributed by atoms with Crippen molar-refractivity contribution in [2.45, 2.75) is 31.4 Å². The molecule has 0 amide bonds. The molecule has 1 saturated carbocycles. The van der Waals surface area contributed by atoms with Crippen LogP contribution < -0.4 is 4.90 Å². The van der Waals surface area contributed by atoms with Gasteiger partial charge in [0.25, 0.3) is 0 Å². The monoisotopic (exact) mass is 262 g/mol. The molecule has 18 heavy (non-hydrogen) atoms. The summed E-state index contributed by atoms with van der Waals surface area (Å²) in [6, 6.07) is 8.31. The molecule has 1 saturated heterocycles. The van der Waals surface area contributed by atoms with Gasteiger partial charge in [0.2, 0.25) is 0 Å². The Bertz CT molecular complexity index is 497. The minimum absolute atomic E-state index is 0.323. The average Bonchev–Trinajstić information content (AvgIpc) is 2.86. The molecule has 0 N–H and O–H groups in total. The second-order valence-electron chi connectivity index (χ2n) is 4.85. The maximum atomic E-state index is 9.28. The maximum absolute atomic E-state index is 9.28. The molecule has 1 aromatic carbocycles. The van der Waals surface area contributed by atoms with Crippen LogP contribution in [0.25, 0.3) is 0 Å². The van der Waals surface area contributed by atoms with Gasteiger partial charge in [0.05, 0.1) is 35.0 Å². The van der Waals surface area contributed by atoms with E-state index in [1.54, 1.807) is 6.07 Å². The number of rotatable bonds is 1. The van der Waals surface area contributed by atoms with Gasteiger partial charge < -0.3 is 9.64 Å². The number of nitriles is 1. The summed E-state index contributed by atoms with van der Waals surface area (Å²) >= 11 is 6.11. The van der Waals surface area contributed by atoms with Crippen LogP contribution in [0.15, 0.2) is 18.2 Å². The molecule has 4 heteroatoms. The van der Waals surface area contributed by atoms with Gasteiger partial charge in [-0.3, -0.25) is 0 Å². The van der Waals surface area contributed by atoms with Crippen LogP contribution in [0.4, 0.5) is 5.69 Å². The smallest absolute Gasteiger partial charge is 0.103 e. The second kappa shape index (κ2) is 4.79. The Balaban J connectivity index is 1.99. The number of benzene rings is 1.